The molecule has 2 rings (SSSR count). The number of likely N-dealkylation sites (N-methyl/N-ethyl adjacent to an activating group) is 1. The summed E-state index contributed by atoms with van der Waals surface area (Å²) in [4.78, 5) is 15.7. The molecule has 0 spiro atoms. The van der Waals surface area contributed by atoms with Crippen molar-refractivity contribution in [2.75, 3.05) is 32.2 Å². The van der Waals surface area contributed by atoms with Crippen LogP contribution in [-0.4, -0.2) is 49.5 Å². The molecule has 0 aliphatic carbocycles. The van der Waals surface area contributed by atoms with Gasteiger partial charge in [0, 0.05) is 26.1 Å². The second kappa shape index (κ2) is 8.49. The van der Waals surface area contributed by atoms with Crippen LogP contribution in [0, 0.1) is 6.92 Å². The first-order chi connectivity index (χ1) is 11.2. The Bertz CT molecular complexity index is 690. The molecule has 0 fully saturated rings. The Balaban J connectivity index is 0.000000351. The van der Waals surface area contributed by atoms with Gasteiger partial charge in [-0.1, -0.05) is 18.2 Å². The first-order valence-electron chi connectivity index (χ1n) is 7.03. The van der Waals surface area contributed by atoms with Gasteiger partial charge in [-0.25, -0.2) is 9.78 Å². The number of carbonyl (C=O) groups is 1. The van der Waals surface area contributed by atoms with Crippen molar-refractivity contribution in [3.05, 3.63) is 35.9 Å². The number of alkyl halides is 3. The lowest BCUT2D eigenvalue weighted by Crippen LogP contribution is -2.23. The molecule has 24 heavy (non-hydrogen) atoms. The smallest absolute Gasteiger partial charge is 0.475 e. The van der Waals surface area contributed by atoms with Crippen LogP contribution in [0.25, 0.3) is 10.9 Å². The van der Waals surface area contributed by atoms with Crippen LogP contribution in [0.5, 0.6) is 0 Å². The van der Waals surface area contributed by atoms with Gasteiger partial charge in [-0.3, -0.25) is 0 Å². The van der Waals surface area contributed by atoms with E-state index >= 15 is 0 Å². The van der Waals surface area contributed by atoms with Gasteiger partial charge in [0.2, 0.25) is 0 Å². The molecule has 0 amide bonds. The fourth-order valence-corrected chi connectivity index (χ4v) is 1.87. The van der Waals surface area contributed by atoms with Gasteiger partial charge in [-0.05, 0) is 24.6 Å². The number of aliphatic carboxylic acids is 1. The number of hydrogen-bond acceptors (Lipinski definition) is 4. The molecule has 1 heterocycles. The Hall–Kier alpha value is -2.35. The molecule has 1 aromatic carbocycles. The Labute approximate surface area is 137 Å². The molecule has 0 aliphatic rings. The highest BCUT2D eigenvalue weighted by molar-refractivity contribution is 5.83. The number of hydrogen-bond donors (Lipinski definition) is 1. The summed E-state index contributed by atoms with van der Waals surface area (Å²) in [5.74, 6) is -1.76. The fraction of sp³-hybridized carbons (Fsp3) is 0.375. The summed E-state index contributed by atoms with van der Waals surface area (Å²) < 4.78 is 36.8. The lowest BCUT2D eigenvalue weighted by molar-refractivity contribution is -0.192. The van der Waals surface area contributed by atoms with E-state index in [9.17, 15) is 13.2 Å². The third-order valence-electron chi connectivity index (χ3n) is 3.17. The van der Waals surface area contributed by atoms with Crippen molar-refractivity contribution in [2.45, 2.75) is 13.1 Å². The van der Waals surface area contributed by atoms with E-state index in [1.54, 1.807) is 7.11 Å². The standard InChI is InChI=1S/C14H18N2O.C2HF3O2/c1-11-10-14(16(2)8-9-17-3)15-13-7-5-4-6-12(11)13;3-2(4,5)1(6)7/h4-7,10H,8-9H2,1-3H3;(H,6,7). The summed E-state index contributed by atoms with van der Waals surface area (Å²) >= 11 is 0. The Morgan fingerprint density at radius 2 is 1.92 bits per heavy atom. The summed E-state index contributed by atoms with van der Waals surface area (Å²) in [5.41, 5.74) is 2.31. The Morgan fingerprint density at radius 1 is 1.33 bits per heavy atom. The summed E-state index contributed by atoms with van der Waals surface area (Å²) in [7, 11) is 3.75. The molecule has 2 aromatic rings. The number of carboxylic acid groups (broad SMARTS) is 1. The zero-order chi connectivity index (χ0) is 18.3. The van der Waals surface area contributed by atoms with E-state index in [1.807, 2.05) is 19.2 Å². The van der Waals surface area contributed by atoms with Crippen molar-refractivity contribution in [1.29, 1.82) is 0 Å². The number of carboxylic acids is 1. The second-order valence-electron chi connectivity index (χ2n) is 5.03. The molecule has 0 saturated heterocycles. The molecule has 1 N–H and O–H groups in total. The van der Waals surface area contributed by atoms with E-state index in [0.29, 0.717) is 6.61 Å². The van der Waals surface area contributed by atoms with Crippen molar-refractivity contribution in [1.82, 2.24) is 4.98 Å². The summed E-state index contributed by atoms with van der Waals surface area (Å²) in [5, 5.41) is 8.34. The zero-order valence-electron chi connectivity index (χ0n) is 13.6. The minimum atomic E-state index is -5.08. The number of aromatic nitrogens is 1. The Kier molecular flexibility index (Phi) is 6.97. The number of rotatable bonds is 4. The van der Waals surface area contributed by atoms with E-state index < -0.39 is 12.1 Å². The van der Waals surface area contributed by atoms with E-state index in [4.69, 9.17) is 14.6 Å². The fourth-order valence-electron chi connectivity index (χ4n) is 1.87. The first-order valence-corrected chi connectivity index (χ1v) is 7.03. The third kappa shape index (κ3) is 5.69. The van der Waals surface area contributed by atoms with Crippen LogP contribution in [0.3, 0.4) is 0 Å². The molecule has 8 heteroatoms. The van der Waals surface area contributed by atoms with Gasteiger partial charge in [0.1, 0.15) is 5.82 Å². The SMILES string of the molecule is COCCN(C)c1cc(C)c2ccccc2n1.O=C(O)C(F)(F)F. The normalized spacial score (nSPS) is 10.9. The van der Waals surface area contributed by atoms with Crippen molar-refractivity contribution in [3.63, 3.8) is 0 Å². The van der Waals surface area contributed by atoms with Gasteiger partial charge in [0.15, 0.2) is 0 Å². The highest BCUT2D eigenvalue weighted by atomic mass is 19.4. The Morgan fingerprint density at radius 3 is 2.46 bits per heavy atom. The lowest BCUT2D eigenvalue weighted by atomic mass is 10.1. The minimum absolute atomic E-state index is 0.712. The minimum Gasteiger partial charge on any atom is -0.475 e. The van der Waals surface area contributed by atoms with Crippen LogP contribution >= 0.6 is 0 Å². The van der Waals surface area contributed by atoms with Crippen molar-refractivity contribution >= 4 is 22.7 Å². The van der Waals surface area contributed by atoms with E-state index in [0.717, 1.165) is 17.9 Å². The molecule has 0 radical (unpaired) electrons. The van der Waals surface area contributed by atoms with Crippen molar-refractivity contribution in [2.24, 2.45) is 0 Å². The average molecular weight is 344 g/mol. The maximum absolute atomic E-state index is 10.6. The number of aryl methyl sites for hydroxylation is 1. The largest absolute Gasteiger partial charge is 0.490 e. The van der Waals surface area contributed by atoms with Crippen LogP contribution < -0.4 is 4.90 Å². The van der Waals surface area contributed by atoms with Gasteiger partial charge in [-0.2, -0.15) is 13.2 Å². The number of methoxy groups -OCH3 is 1. The van der Waals surface area contributed by atoms with Gasteiger partial charge >= 0.3 is 12.1 Å². The maximum atomic E-state index is 10.6. The first kappa shape index (κ1) is 19.7. The van der Waals surface area contributed by atoms with E-state index in [2.05, 4.69) is 35.0 Å². The number of benzene rings is 1. The van der Waals surface area contributed by atoms with Crippen molar-refractivity contribution < 1.29 is 27.8 Å². The molecule has 0 bridgehead atoms. The molecular weight excluding hydrogens is 325 g/mol. The molecule has 0 atom stereocenters. The third-order valence-corrected chi connectivity index (χ3v) is 3.17. The quantitative estimate of drug-likeness (QED) is 0.922. The number of halogens is 3. The van der Waals surface area contributed by atoms with E-state index in [-0.39, 0.29) is 0 Å². The number of anilines is 1. The highest BCUT2D eigenvalue weighted by Gasteiger charge is 2.38. The molecule has 0 saturated carbocycles. The zero-order valence-corrected chi connectivity index (χ0v) is 13.6. The van der Waals surface area contributed by atoms with Crippen LogP contribution in [0.15, 0.2) is 30.3 Å². The predicted molar refractivity (Wildman–Crippen MR) is 85.3 cm³/mol. The van der Waals surface area contributed by atoms with Gasteiger partial charge in [0.25, 0.3) is 0 Å². The summed E-state index contributed by atoms with van der Waals surface area (Å²) in [6.45, 7) is 3.68. The summed E-state index contributed by atoms with van der Waals surface area (Å²) in [6, 6.07) is 10.4. The monoisotopic (exact) mass is 344 g/mol. The number of para-hydroxylation sites is 1. The molecule has 5 nitrogen and oxygen atoms in total. The van der Waals surface area contributed by atoms with Crippen LogP contribution in [-0.2, 0) is 9.53 Å². The number of pyridine rings is 1. The van der Waals surface area contributed by atoms with Gasteiger partial charge in [0.05, 0.1) is 12.1 Å². The average Bonchev–Trinajstić information content (AvgIpc) is 2.52. The summed E-state index contributed by atoms with van der Waals surface area (Å²) in [6.07, 6.45) is -5.08. The van der Waals surface area contributed by atoms with Crippen LogP contribution in [0.2, 0.25) is 0 Å². The van der Waals surface area contributed by atoms with Gasteiger partial charge in [-0.15, -0.1) is 0 Å². The second-order valence-corrected chi connectivity index (χ2v) is 5.03. The highest BCUT2D eigenvalue weighted by Crippen LogP contribution is 2.21. The lowest BCUT2D eigenvalue weighted by Gasteiger charge is -2.18. The molecule has 0 unspecified atom stereocenters. The number of ether oxygens (including phenoxy) is 1. The van der Waals surface area contributed by atoms with Gasteiger partial charge < -0.3 is 14.7 Å². The number of nitrogens with zero attached hydrogens (tertiary/aromatic N) is 2. The number of fused-ring (bicyclic) bond motifs is 1. The van der Waals surface area contributed by atoms with Crippen LogP contribution in [0.4, 0.5) is 19.0 Å². The molecular formula is C16H19F3N2O3. The molecule has 1 aromatic heterocycles. The maximum Gasteiger partial charge on any atom is 0.490 e. The molecule has 132 valence electrons. The van der Waals surface area contributed by atoms with E-state index in [1.165, 1.54) is 10.9 Å². The van der Waals surface area contributed by atoms with Crippen LogP contribution in [0.1, 0.15) is 5.56 Å². The van der Waals surface area contributed by atoms with Crippen molar-refractivity contribution in [3.8, 4) is 0 Å². The molecule has 0 aliphatic heterocycles. The predicted octanol–water partition coefficient (Wildman–Crippen LogP) is 3.26. The topological polar surface area (TPSA) is 62.7 Å².